The highest BCUT2D eigenvalue weighted by molar-refractivity contribution is 5.88. The van der Waals surface area contributed by atoms with Crippen LogP contribution < -0.4 is 0 Å². The van der Waals surface area contributed by atoms with Gasteiger partial charge in [0.15, 0.2) is 6.29 Å². The Morgan fingerprint density at radius 2 is 1.92 bits per heavy atom. The summed E-state index contributed by atoms with van der Waals surface area (Å²) in [5.74, 6) is -0.511. The molecule has 0 saturated heterocycles. The van der Waals surface area contributed by atoms with E-state index < -0.39 is 12.3 Å². The van der Waals surface area contributed by atoms with Crippen LogP contribution in [0.25, 0.3) is 0 Å². The molecule has 4 heteroatoms. The molecule has 0 aromatic rings. The average molecular weight is 174 g/mol. The molecule has 70 valence electrons. The second kappa shape index (κ2) is 4.90. The molecule has 0 spiro atoms. The van der Waals surface area contributed by atoms with Gasteiger partial charge in [-0.05, 0) is 26.3 Å². The van der Waals surface area contributed by atoms with Crippen LogP contribution in [0.1, 0.15) is 20.8 Å². The number of ether oxygens (including phenoxy) is 1. The summed E-state index contributed by atoms with van der Waals surface area (Å²) in [7, 11) is 0. The maximum atomic E-state index is 11.0. The Balaban J connectivity index is 4.43. The third kappa shape index (κ3) is 3.02. The van der Waals surface area contributed by atoms with Gasteiger partial charge in [-0.1, -0.05) is 0 Å². The molecule has 0 aromatic heterocycles. The van der Waals surface area contributed by atoms with Crippen LogP contribution in [0, 0.1) is 0 Å². The molecule has 0 atom stereocenters. The number of rotatable bonds is 3. The number of hydrogen-bond acceptors (Lipinski definition) is 4. The fraction of sp³-hybridized carbons (Fsp3) is 0.625. The van der Waals surface area contributed by atoms with Crippen molar-refractivity contribution < 1.29 is 19.7 Å². The van der Waals surface area contributed by atoms with Gasteiger partial charge in [-0.25, -0.2) is 4.79 Å². The van der Waals surface area contributed by atoms with Crippen LogP contribution in [-0.2, 0) is 9.53 Å². The van der Waals surface area contributed by atoms with Gasteiger partial charge in [-0.3, -0.25) is 0 Å². The average Bonchev–Trinajstić information content (AvgIpc) is 2.02. The minimum Gasteiger partial charge on any atom is -0.463 e. The first kappa shape index (κ1) is 11.1. The van der Waals surface area contributed by atoms with E-state index in [0.717, 1.165) is 0 Å². The van der Waals surface area contributed by atoms with Crippen molar-refractivity contribution in [3.05, 3.63) is 11.1 Å². The third-order valence-electron chi connectivity index (χ3n) is 1.56. The maximum Gasteiger partial charge on any atom is 0.333 e. The van der Waals surface area contributed by atoms with E-state index in [-0.39, 0.29) is 17.8 Å². The Morgan fingerprint density at radius 3 is 2.25 bits per heavy atom. The van der Waals surface area contributed by atoms with Crippen LogP contribution in [0.4, 0.5) is 0 Å². The van der Waals surface area contributed by atoms with Gasteiger partial charge in [0, 0.05) is 5.57 Å². The molecule has 0 aliphatic rings. The summed E-state index contributed by atoms with van der Waals surface area (Å²) >= 11 is 0. The molecule has 0 fully saturated rings. The van der Waals surface area contributed by atoms with Gasteiger partial charge in [0.1, 0.15) is 0 Å². The monoisotopic (exact) mass is 174 g/mol. The van der Waals surface area contributed by atoms with Gasteiger partial charge in [0.2, 0.25) is 0 Å². The topological polar surface area (TPSA) is 66.8 Å². The first-order valence-electron chi connectivity index (χ1n) is 3.71. The number of aliphatic hydroxyl groups is 2. The Kier molecular flexibility index (Phi) is 4.54. The smallest absolute Gasteiger partial charge is 0.333 e. The van der Waals surface area contributed by atoms with Gasteiger partial charge >= 0.3 is 5.97 Å². The van der Waals surface area contributed by atoms with E-state index in [9.17, 15) is 4.79 Å². The molecular weight excluding hydrogens is 160 g/mol. The molecule has 12 heavy (non-hydrogen) atoms. The highest BCUT2D eigenvalue weighted by Gasteiger charge is 2.12. The lowest BCUT2D eigenvalue weighted by Crippen LogP contribution is -2.14. The molecule has 0 aliphatic heterocycles. The fourth-order valence-corrected chi connectivity index (χ4v) is 0.594. The first-order valence-corrected chi connectivity index (χ1v) is 3.71. The largest absolute Gasteiger partial charge is 0.463 e. The second-order valence-corrected chi connectivity index (χ2v) is 2.40. The van der Waals surface area contributed by atoms with Gasteiger partial charge in [-0.2, -0.15) is 0 Å². The Morgan fingerprint density at radius 1 is 1.42 bits per heavy atom. The number of aliphatic hydroxyl groups excluding tert-OH is 1. The van der Waals surface area contributed by atoms with E-state index in [1.807, 2.05) is 0 Å². The summed E-state index contributed by atoms with van der Waals surface area (Å²) in [5.41, 5.74) is 0.459. The predicted molar refractivity (Wildman–Crippen MR) is 43.2 cm³/mol. The summed E-state index contributed by atoms with van der Waals surface area (Å²) in [5, 5.41) is 17.4. The minimum absolute atomic E-state index is 0.216. The summed E-state index contributed by atoms with van der Waals surface area (Å²) in [6.45, 7) is 4.94. The summed E-state index contributed by atoms with van der Waals surface area (Å²) in [6, 6.07) is 0. The lowest BCUT2D eigenvalue weighted by molar-refractivity contribution is -0.138. The number of hydrogen-bond donors (Lipinski definition) is 2. The molecule has 0 aromatic carbocycles. The molecule has 0 aliphatic carbocycles. The van der Waals surface area contributed by atoms with Gasteiger partial charge in [-0.15, -0.1) is 0 Å². The van der Waals surface area contributed by atoms with Crippen LogP contribution in [0.15, 0.2) is 11.1 Å². The molecule has 0 saturated carbocycles. The van der Waals surface area contributed by atoms with Crippen molar-refractivity contribution in [1.29, 1.82) is 0 Å². The number of esters is 1. The summed E-state index contributed by atoms with van der Waals surface area (Å²) < 4.78 is 4.66. The SMILES string of the molecule is CCOC(=O)C(C)=C(C)C(O)O. The zero-order chi connectivity index (χ0) is 9.72. The van der Waals surface area contributed by atoms with E-state index in [0.29, 0.717) is 0 Å². The Hall–Kier alpha value is -0.870. The lowest BCUT2D eigenvalue weighted by Gasteiger charge is -2.08. The second-order valence-electron chi connectivity index (χ2n) is 2.40. The molecular formula is C8H14O4. The molecule has 0 unspecified atom stereocenters. The molecule has 0 amide bonds. The zero-order valence-corrected chi connectivity index (χ0v) is 7.50. The Bertz CT molecular complexity index is 193. The van der Waals surface area contributed by atoms with Gasteiger partial charge < -0.3 is 14.9 Å². The van der Waals surface area contributed by atoms with Crippen molar-refractivity contribution in [1.82, 2.24) is 0 Å². The van der Waals surface area contributed by atoms with Crippen LogP contribution in [0.3, 0.4) is 0 Å². The molecule has 0 rings (SSSR count). The van der Waals surface area contributed by atoms with Crippen molar-refractivity contribution in [2.75, 3.05) is 6.61 Å². The van der Waals surface area contributed by atoms with Crippen molar-refractivity contribution in [2.24, 2.45) is 0 Å². The van der Waals surface area contributed by atoms with E-state index in [4.69, 9.17) is 10.2 Å². The molecule has 2 N–H and O–H groups in total. The zero-order valence-electron chi connectivity index (χ0n) is 7.50. The first-order chi connectivity index (χ1) is 5.50. The third-order valence-corrected chi connectivity index (χ3v) is 1.56. The van der Waals surface area contributed by atoms with E-state index in [2.05, 4.69) is 4.74 Å². The minimum atomic E-state index is -1.59. The molecule has 0 radical (unpaired) electrons. The van der Waals surface area contributed by atoms with Crippen LogP contribution in [-0.4, -0.2) is 29.1 Å². The van der Waals surface area contributed by atoms with Crippen molar-refractivity contribution >= 4 is 5.97 Å². The fourth-order valence-electron chi connectivity index (χ4n) is 0.594. The van der Waals surface area contributed by atoms with E-state index in [1.165, 1.54) is 13.8 Å². The van der Waals surface area contributed by atoms with Crippen LogP contribution in [0.5, 0.6) is 0 Å². The van der Waals surface area contributed by atoms with Crippen molar-refractivity contribution in [3.8, 4) is 0 Å². The normalized spacial score (nSPS) is 12.8. The van der Waals surface area contributed by atoms with Crippen molar-refractivity contribution in [2.45, 2.75) is 27.1 Å². The van der Waals surface area contributed by atoms with Crippen LogP contribution >= 0.6 is 0 Å². The summed E-state index contributed by atoms with van der Waals surface area (Å²) in [4.78, 5) is 11.0. The standard InChI is InChI=1S/C8H14O4/c1-4-12-8(11)6(3)5(2)7(9)10/h7,9-10H,4H2,1-3H3. The quantitative estimate of drug-likeness (QED) is 0.364. The molecule has 4 nitrogen and oxygen atoms in total. The van der Waals surface area contributed by atoms with Crippen molar-refractivity contribution in [3.63, 3.8) is 0 Å². The molecule has 0 bridgehead atoms. The Labute approximate surface area is 71.5 Å². The van der Waals surface area contributed by atoms with E-state index in [1.54, 1.807) is 6.92 Å². The van der Waals surface area contributed by atoms with Gasteiger partial charge in [0.25, 0.3) is 0 Å². The highest BCUT2D eigenvalue weighted by Crippen LogP contribution is 2.08. The summed E-state index contributed by atoms with van der Waals surface area (Å²) in [6.07, 6.45) is -1.59. The lowest BCUT2D eigenvalue weighted by atomic mass is 10.1. The highest BCUT2D eigenvalue weighted by atomic mass is 16.5. The predicted octanol–water partition coefficient (Wildman–Crippen LogP) is 0.197. The number of carbonyl (C=O) groups is 1. The maximum absolute atomic E-state index is 11.0. The van der Waals surface area contributed by atoms with E-state index >= 15 is 0 Å². The van der Waals surface area contributed by atoms with Crippen LogP contribution in [0.2, 0.25) is 0 Å². The van der Waals surface area contributed by atoms with Gasteiger partial charge in [0.05, 0.1) is 6.61 Å². The number of carbonyl (C=O) groups excluding carboxylic acids is 1. The molecule has 0 heterocycles.